The van der Waals surface area contributed by atoms with Crippen LogP contribution >= 0.6 is 23.2 Å². The summed E-state index contributed by atoms with van der Waals surface area (Å²) in [4.78, 5) is 17.0. The van der Waals surface area contributed by atoms with Gasteiger partial charge in [0.15, 0.2) is 5.49 Å². The lowest BCUT2D eigenvalue weighted by Gasteiger charge is -2.20. The van der Waals surface area contributed by atoms with E-state index < -0.39 is 0 Å². The molecule has 0 bridgehead atoms. The molecule has 1 aromatic heterocycles. The molecule has 4 nitrogen and oxygen atoms in total. The highest BCUT2D eigenvalue weighted by molar-refractivity contribution is 6.43. The van der Waals surface area contributed by atoms with Gasteiger partial charge < -0.3 is 0 Å². The molecule has 1 aliphatic carbocycles. The Hall–Kier alpha value is -1.52. The van der Waals surface area contributed by atoms with Gasteiger partial charge in [0, 0.05) is 30.8 Å². The predicted molar refractivity (Wildman–Crippen MR) is 101 cm³/mol. The van der Waals surface area contributed by atoms with Crippen LogP contribution in [0.2, 0.25) is 10.0 Å². The number of carbonyl (C=O) groups is 1. The number of aromatic nitrogens is 2. The molecule has 1 heterocycles. The Bertz CT molecular complexity index is 883. The molecule has 0 aliphatic heterocycles. The number of benzene rings is 1. The summed E-state index contributed by atoms with van der Waals surface area (Å²) in [6.45, 7) is 7.34. The Kier molecular flexibility index (Phi) is 4.86. The molecule has 0 saturated heterocycles. The van der Waals surface area contributed by atoms with Crippen LogP contribution in [0.15, 0.2) is 29.3 Å². The van der Waals surface area contributed by atoms with Crippen LogP contribution in [0.1, 0.15) is 49.7 Å². The number of carbonyl (C=O) groups excluding carboxylic acids is 1. The molecular formula is C19H23Cl2N3O. The molecule has 25 heavy (non-hydrogen) atoms. The third-order valence-electron chi connectivity index (χ3n) is 4.54. The molecule has 1 aromatic carbocycles. The summed E-state index contributed by atoms with van der Waals surface area (Å²) < 4.78 is 4.21. The monoisotopic (exact) mass is 379 g/mol. The average molecular weight is 380 g/mol. The van der Waals surface area contributed by atoms with Crippen molar-refractivity contribution >= 4 is 29.1 Å². The van der Waals surface area contributed by atoms with Crippen LogP contribution in [-0.2, 0) is 19.0 Å². The first-order valence-corrected chi connectivity index (χ1v) is 9.24. The number of halogens is 2. The van der Waals surface area contributed by atoms with Crippen LogP contribution in [-0.4, -0.2) is 15.3 Å². The lowest BCUT2D eigenvalue weighted by molar-refractivity contribution is 0.0997. The molecule has 0 unspecified atom stereocenters. The van der Waals surface area contributed by atoms with Gasteiger partial charge in [-0.05, 0) is 30.9 Å². The fraction of sp³-hybridized carbons (Fsp3) is 0.474. The van der Waals surface area contributed by atoms with Crippen molar-refractivity contribution < 1.29 is 4.79 Å². The van der Waals surface area contributed by atoms with Gasteiger partial charge >= 0.3 is 0 Å². The average Bonchev–Trinajstić information content (AvgIpc) is 3.28. The Morgan fingerprint density at radius 2 is 1.96 bits per heavy atom. The maximum Gasteiger partial charge on any atom is 0.280 e. The Morgan fingerprint density at radius 1 is 1.28 bits per heavy atom. The summed E-state index contributed by atoms with van der Waals surface area (Å²) in [6, 6.07) is 7.02. The van der Waals surface area contributed by atoms with Gasteiger partial charge in [0.1, 0.15) is 0 Å². The molecule has 1 saturated carbocycles. The van der Waals surface area contributed by atoms with Crippen LogP contribution < -0.4 is 5.49 Å². The zero-order valence-corrected chi connectivity index (χ0v) is 16.5. The maximum absolute atomic E-state index is 12.7. The summed E-state index contributed by atoms with van der Waals surface area (Å²) >= 11 is 12.2. The molecule has 3 rings (SSSR count). The van der Waals surface area contributed by atoms with Crippen molar-refractivity contribution in [2.45, 2.75) is 45.6 Å². The van der Waals surface area contributed by atoms with E-state index >= 15 is 0 Å². The minimum Gasteiger partial charge on any atom is -0.291 e. The van der Waals surface area contributed by atoms with Crippen molar-refractivity contribution in [3.8, 4) is 0 Å². The normalized spacial score (nSPS) is 15.7. The second-order valence-corrected chi connectivity index (χ2v) is 8.49. The molecule has 0 atom stereocenters. The van der Waals surface area contributed by atoms with E-state index in [1.807, 2.05) is 13.1 Å². The van der Waals surface area contributed by atoms with E-state index in [1.54, 1.807) is 18.2 Å². The standard InChI is InChI=1S/C19H23Cl2N3O/c1-19(2,3)15-10-16(24(23(15)4)11-12-8-9-12)22-18(25)13-6-5-7-14(20)17(13)21/h5-7,10,12H,8-9,11H2,1-4H3/b22-16+. The maximum atomic E-state index is 12.7. The molecule has 1 fully saturated rings. The SMILES string of the molecule is Cn1c(C(C)(C)C)c/c(=N\C(=O)c2cccc(Cl)c2Cl)n1CC1CC1. The van der Waals surface area contributed by atoms with Gasteiger partial charge in [-0.15, -0.1) is 0 Å². The first-order chi connectivity index (χ1) is 11.7. The Morgan fingerprint density at radius 3 is 2.56 bits per heavy atom. The van der Waals surface area contributed by atoms with Gasteiger partial charge in [-0.3, -0.25) is 14.2 Å². The number of hydrogen-bond acceptors (Lipinski definition) is 1. The van der Waals surface area contributed by atoms with E-state index in [0.717, 1.165) is 12.2 Å². The lowest BCUT2D eigenvalue weighted by atomic mass is 9.92. The molecular weight excluding hydrogens is 357 g/mol. The van der Waals surface area contributed by atoms with Crippen LogP contribution in [0.3, 0.4) is 0 Å². The van der Waals surface area contributed by atoms with Crippen LogP contribution in [0.4, 0.5) is 0 Å². The predicted octanol–water partition coefficient (Wildman–Crippen LogP) is 4.58. The highest BCUT2D eigenvalue weighted by Crippen LogP contribution is 2.31. The van der Waals surface area contributed by atoms with Gasteiger partial charge in [-0.2, -0.15) is 4.99 Å². The van der Waals surface area contributed by atoms with Gasteiger partial charge in [-0.1, -0.05) is 50.0 Å². The second-order valence-electron chi connectivity index (χ2n) is 7.71. The van der Waals surface area contributed by atoms with E-state index in [0.29, 0.717) is 22.0 Å². The van der Waals surface area contributed by atoms with Gasteiger partial charge in [-0.25, -0.2) is 0 Å². The minimum atomic E-state index is -0.372. The first-order valence-electron chi connectivity index (χ1n) is 8.49. The fourth-order valence-corrected chi connectivity index (χ4v) is 3.34. The molecule has 134 valence electrons. The minimum absolute atomic E-state index is 0.0371. The van der Waals surface area contributed by atoms with Crippen LogP contribution in [0.25, 0.3) is 0 Å². The Balaban J connectivity index is 2.09. The molecule has 1 aliphatic rings. The Labute approximate surface area is 158 Å². The second kappa shape index (κ2) is 6.65. The topological polar surface area (TPSA) is 39.3 Å². The van der Waals surface area contributed by atoms with Crippen molar-refractivity contribution in [3.63, 3.8) is 0 Å². The summed E-state index contributed by atoms with van der Waals surface area (Å²) in [6.07, 6.45) is 2.47. The van der Waals surface area contributed by atoms with E-state index in [2.05, 4.69) is 35.1 Å². The number of amides is 1. The lowest BCUT2D eigenvalue weighted by Crippen LogP contribution is -2.26. The fourth-order valence-electron chi connectivity index (χ4n) is 2.96. The highest BCUT2D eigenvalue weighted by Gasteiger charge is 2.26. The quantitative estimate of drug-likeness (QED) is 0.768. The molecule has 1 amide bonds. The molecule has 0 N–H and O–H groups in total. The molecule has 6 heteroatoms. The number of rotatable bonds is 3. The largest absolute Gasteiger partial charge is 0.291 e. The first kappa shape index (κ1) is 18.3. The summed E-state index contributed by atoms with van der Waals surface area (Å²) in [5, 5.41) is 0.607. The third kappa shape index (κ3) is 3.85. The third-order valence-corrected chi connectivity index (χ3v) is 5.35. The van der Waals surface area contributed by atoms with E-state index in [-0.39, 0.29) is 16.3 Å². The highest BCUT2D eigenvalue weighted by atomic mass is 35.5. The zero-order chi connectivity index (χ0) is 18.4. The molecule has 0 radical (unpaired) electrons. The summed E-state index contributed by atoms with van der Waals surface area (Å²) in [5.74, 6) is 0.299. The van der Waals surface area contributed by atoms with Gasteiger partial charge in [0.2, 0.25) is 0 Å². The van der Waals surface area contributed by atoms with E-state index in [1.165, 1.54) is 12.8 Å². The summed E-state index contributed by atoms with van der Waals surface area (Å²) in [5.41, 5.74) is 2.09. The van der Waals surface area contributed by atoms with Crippen molar-refractivity contribution in [1.82, 2.24) is 9.36 Å². The molecule has 0 spiro atoms. The summed E-state index contributed by atoms with van der Waals surface area (Å²) in [7, 11) is 2.03. The van der Waals surface area contributed by atoms with Crippen molar-refractivity contribution in [1.29, 1.82) is 0 Å². The van der Waals surface area contributed by atoms with Crippen LogP contribution in [0.5, 0.6) is 0 Å². The molecule has 2 aromatic rings. The smallest absolute Gasteiger partial charge is 0.280 e. The van der Waals surface area contributed by atoms with Gasteiger partial charge in [0.25, 0.3) is 5.91 Å². The van der Waals surface area contributed by atoms with Crippen LogP contribution in [0, 0.1) is 5.92 Å². The van der Waals surface area contributed by atoms with Gasteiger partial charge in [0.05, 0.1) is 15.6 Å². The van der Waals surface area contributed by atoms with Crippen molar-refractivity contribution in [2.75, 3.05) is 0 Å². The number of hydrogen-bond donors (Lipinski definition) is 0. The van der Waals surface area contributed by atoms with Crippen molar-refractivity contribution in [2.24, 2.45) is 18.0 Å². The van der Waals surface area contributed by atoms with E-state index in [4.69, 9.17) is 23.2 Å². The zero-order valence-electron chi connectivity index (χ0n) is 15.0. The van der Waals surface area contributed by atoms with E-state index in [9.17, 15) is 4.79 Å². The van der Waals surface area contributed by atoms with Crippen molar-refractivity contribution in [3.05, 3.63) is 51.1 Å². The number of nitrogens with zero attached hydrogens (tertiary/aromatic N) is 3.